The highest BCUT2D eigenvalue weighted by molar-refractivity contribution is 7.11. The Morgan fingerprint density at radius 2 is 1.92 bits per heavy atom. The van der Waals surface area contributed by atoms with Gasteiger partial charge in [-0.3, -0.25) is 0 Å². The fraction of sp³-hybridized carbons (Fsp3) is 0.200. The molecule has 2 aromatic carbocycles. The van der Waals surface area contributed by atoms with Gasteiger partial charge in [0.2, 0.25) is 0 Å². The largest absolute Gasteiger partial charge is 0.488 e. The molecule has 0 fully saturated rings. The lowest BCUT2D eigenvalue weighted by atomic mass is 10.0. The highest BCUT2D eigenvalue weighted by atomic mass is 35.5. The van der Waals surface area contributed by atoms with E-state index in [1.54, 1.807) is 31.2 Å². The van der Waals surface area contributed by atoms with E-state index in [0.29, 0.717) is 43.8 Å². The molecule has 0 aliphatic rings. The minimum absolute atomic E-state index is 0.00177. The van der Waals surface area contributed by atoms with E-state index in [4.69, 9.17) is 41.9 Å². The van der Waals surface area contributed by atoms with E-state index < -0.39 is 11.6 Å². The highest BCUT2D eigenvalue weighted by Crippen LogP contribution is 2.44. The number of aromatic nitrogens is 1. The van der Waals surface area contributed by atoms with E-state index in [1.165, 1.54) is 14.2 Å². The number of halogens is 2. The molecule has 2 aromatic heterocycles. The van der Waals surface area contributed by atoms with Crippen molar-refractivity contribution < 1.29 is 23.5 Å². The Morgan fingerprint density at radius 3 is 2.58 bits per heavy atom. The van der Waals surface area contributed by atoms with E-state index in [1.807, 2.05) is 19.1 Å². The van der Waals surface area contributed by atoms with Crippen LogP contribution in [0.15, 0.2) is 50.8 Å². The predicted octanol–water partition coefficient (Wildman–Crippen LogP) is 5.94. The van der Waals surface area contributed by atoms with Crippen molar-refractivity contribution >= 4 is 57.4 Å². The Kier molecular flexibility index (Phi) is 7.63. The smallest absolute Gasteiger partial charge is 0.360 e. The molecule has 0 N–H and O–H groups in total. The Labute approximate surface area is 220 Å². The molecule has 186 valence electrons. The van der Waals surface area contributed by atoms with Crippen LogP contribution in [0, 0.1) is 13.8 Å². The first kappa shape index (κ1) is 25.7. The summed E-state index contributed by atoms with van der Waals surface area (Å²) in [6, 6.07) is 10.7. The molecular weight excluding hydrogens is 527 g/mol. The van der Waals surface area contributed by atoms with Crippen molar-refractivity contribution in [3.8, 4) is 16.2 Å². The van der Waals surface area contributed by atoms with Gasteiger partial charge in [0.05, 0.1) is 22.4 Å². The van der Waals surface area contributed by atoms with Crippen molar-refractivity contribution in [1.82, 2.24) is 4.37 Å². The third-order valence-electron chi connectivity index (χ3n) is 5.39. The third-order valence-corrected chi connectivity index (χ3v) is 7.20. The summed E-state index contributed by atoms with van der Waals surface area (Å²) in [4.78, 5) is 30.3. The first-order chi connectivity index (χ1) is 17.3. The summed E-state index contributed by atoms with van der Waals surface area (Å²) in [6.07, 6.45) is 0. The molecule has 8 nitrogen and oxygen atoms in total. The molecule has 0 aliphatic carbocycles. The van der Waals surface area contributed by atoms with Crippen LogP contribution in [0.2, 0.25) is 10.2 Å². The molecule has 4 aromatic rings. The lowest BCUT2D eigenvalue weighted by Crippen LogP contribution is -2.19. The highest BCUT2D eigenvalue weighted by Gasteiger charge is 2.24. The second kappa shape index (κ2) is 10.7. The fourth-order valence-electron chi connectivity index (χ4n) is 3.74. The molecular formula is C25H20Cl2N2O6S. The summed E-state index contributed by atoms with van der Waals surface area (Å²) in [7, 11) is 2.61. The van der Waals surface area contributed by atoms with Crippen LogP contribution in [0.1, 0.15) is 22.3 Å². The SMILES string of the molecule is CO/N=C(/C(=O)OC)c1ccccc1COc1cc(C)cc2oc(=O)c(C)c(-c3snc(Cl)c3Cl)c12. The molecule has 11 heteroatoms. The number of rotatable bonds is 7. The summed E-state index contributed by atoms with van der Waals surface area (Å²) in [5.41, 5.74) is 2.68. The van der Waals surface area contributed by atoms with Crippen LogP contribution >= 0.6 is 34.7 Å². The van der Waals surface area contributed by atoms with E-state index in [2.05, 4.69) is 9.53 Å². The van der Waals surface area contributed by atoms with Crippen molar-refractivity contribution in [1.29, 1.82) is 0 Å². The topological polar surface area (TPSA) is 100 Å². The second-order valence-corrected chi connectivity index (χ2v) is 9.21. The molecule has 36 heavy (non-hydrogen) atoms. The summed E-state index contributed by atoms with van der Waals surface area (Å²) in [6.45, 7) is 3.56. The molecule has 0 unspecified atom stereocenters. The number of hydrogen-bond acceptors (Lipinski definition) is 9. The zero-order chi connectivity index (χ0) is 26.0. The van der Waals surface area contributed by atoms with Crippen molar-refractivity contribution in [3.63, 3.8) is 0 Å². The average Bonchev–Trinajstić information content (AvgIpc) is 3.19. The van der Waals surface area contributed by atoms with Crippen molar-refractivity contribution in [2.75, 3.05) is 14.2 Å². The molecule has 0 radical (unpaired) electrons. The zero-order valence-electron chi connectivity index (χ0n) is 19.7. The standard InChI is InChI=1S/C25H20Cl2N2O6S/c1-12-9-16(34-11-14-7-5-6-8-15(14)21(28-33-4)25(31)32-3)19-17(10-12)35-24(30)13(2)18(19)22-20(26)23(27)29-36-22/h5-10H,11H2,1-4H3/b28-21+. The first-order valence-corrected chi connectivity index (χ1v) is 12.1. The predicted molar refractivity (Wildman–Crippen MR) is 139 cm³/mol. The summed E-state index contributed by atoms with van der Waals surface area (Å²) < 4.78 is 20.8. The number of methoxy groups -OCH3 is 1. The number of carbonyl (C=O) groups is 1. The van der Waals surface area contributed by atoms with E-state index in [9.17, 15) is 9.59 Å². The van der Waals surface area contributed by atoms with Crippen LogP contribution in [0.4, 0.5) is 0 Å². The quantitative estimate of drug-likeness (QED) is 0.122. The van der Waals surface area contributed by atoms with Gasteiger partial charge in [-0.15, -0.1) is 0 Å². The van der Waals surface area contributed by atoms with Gasteiger partial charge in [0.25, 0.3) is 0 Å². The lowest BCUT2D eigenvalue weighted by Gasteiger charge is -2.16. The molecule has 4 rings (SSSR count). The maximum Gasteiger partial charge on any atom is 0.360 e. The lowest BCUT2D eigenvalue weighted by molar-refractivity contribution is -0.132. The second-order valence-electron chi connectivity index (χ2n) is 7.70. The van der Waals surface area contributed by atoms with Gasteiger partial charge in [-0.05, 0) is 48.6 Å². The Morgan fingerprint density at radius 1 is 1.17 bits per heavy atom. The normalized spacial score (nSPS) is 11.6. The Balaban J connectivity index is 1.86. The van der Waals surface area contributed by atoms with Gasteiger partial charge in [0.15, 0.2) is 10.9 Å². The molecule has 0 aliphatic heterocycles. The number of carbonyl (C=O) groups excluding carboxylic acids is 1. The first-order valence-electron chi connectivity index (χ1n) is 10.6. The summed E-state index contributed by atoms with van der Waals surface area (Å²) in [5.74, 6) is -0.202. The third kappa shape index (κ3) is 4.82. The molecule has 0 bridgehead atoms. The number of aryl methyl sites for hydroxylation is 1. The summed E-state index contributed by atoms with van der Waals surface area (Å²) >= 11 is 13.6. The van der Waals surface area contributed by atoms with Crippen LogP contribution in [-0.4, -0.2) is 30.3 Å². The van der Waals surface area contributed by atoms with Gasteiger partial charge in [-0.2, -0.15) is 4.37 Å². The van der Waals surface area contributed by atoms with Crippen LogP contribution in [0.5, 0.6) is 5.75 Å². The van der Waals surface area contributed by atoms with Gasteiger partial charge in [0, 0.05) is 16.7 Å². The van der Waals surface area contributed by atoms with Gasteiger partial charge in [-0.25, -0.2) is 9.59 Å². The van der Waals surface area contributed by atoms with Crippen LogP contribution in [-0.2, 0) is 21.0 Å². The fourth-order valence-corrected chi connectivity index (χ4v) is 5.07. The van der Waals surface area contributed by atoms with E-state index in [-0.39, 0.29) is 22.5 Å². The number of hydrogen-bond donors (Lipinski definition) is 0. The molecule has 0 saturated carbocycles. The number of nitrogens with zero attached hydrogens (tertiary/aromatic N) is 2. The van der Waals surface area contributed by atoms with Crippen LogP contribution in [0.25, 0.3) is 21.4 Å². The van der Waals surface area contributed by atoms with Crippen LogP contribution in [0.3, 0.4) is 0 Å². The zero-order valence-corrected chi connectivity index (χ0v) is 22.0. The van der Waals surface area contributed by atoms with Gasteiger partial charge < -0.3 is 18.7 Å². The Hall–Kier alpha value is -3.40. The maximum atomic E-state index is 12.7. The van der Waals surface area contributed by atoms with Crippen LogP contribution < -0.4 is 10.4 Å². The van der Waals surface area contributed by atoms with Gasteiger partial charge in [0.1, 0.15) is 25.0 Å². The minimum Gasteiger partial charge on any atom is -0.488 e. The molecule has 0 atom stereocenters. The van der Waals surface area contributed by atoms with E-state index in [0.717, 1.165) is 17.1 Å². The Bertz CT molecular complexity index is 1560. The monoisotopic (exact) mass is 546 g/mol. The van der Waals surface area contributed by atoms with Crippen molar-refractivity contribution in [2.24, 2.45) is 5.16 Å². The van der Waals surface area contributed by atoms with Crippen molar-refractivity contribution in [3.05, 3.63) is 79.2 Å². The molecule has 0 spiro atoms. The van der Waals surface area contributed by atoms with E-state index >= 15 is 0 Å². The van der Waals surface area contributed by atoms with Gasteiger partial charge >= 0.3 is 11.6 Å². The summed E-state index contributed by atoms with van der Waals surface area (Å²) in [5, 5.41) is 4.78. The van der Waals surface area contributed by atoms with Gasteiger partial charge in [-0.1, -0.05) is 52.6 Å². The number of oxime groups is 1. The maximum absolute atomic E-state index is 12.7. The molecule has 0 amide bonds. The number of esters is 1. The molecule has 0 saturated heterocycles. The number of fused-ring (bicyclic) bond motifs is 1. The minimum atomic E-state index is -0.651. The molecule has 2 heterocycles. The number of benzene rings is 2. The average molecular weight is 547 g/mol. The number of ether oxygens (including phenoxy) is 2. The van der Waals surface area contributed by atoms with Crippen molar-refractivity contribution in [2.45, 2.75) is 20.5 Å².